The van der Waals surface area contributed by atoms with Crippen molar-refractivity contribution in [2.24, 2.45) is 17.7 Å². The SMILES string of the molecule is CC(C)C(C)SC(C)C(C)C(=O)NN. The number of carbonyl (C=O) groups excluding carboxylic acids is 1. The lowest BCUT2D eigenvalue weighted by Gasteiger charge is -2.23. The van der Waals surface area contributed by atoms with E-state index in [0.717, 1.165) is 0 Å². The maximum Gasteiger partial charge on any atom is 0.237 e. The molecule has 84 valence electrons. The van der Waals surface area contributed by atoms with Crippen molar-refractivity contribution >= 4 is 17.7 Å². The van der Waals surface area contributed by atoms with Crippen LogP contribution >= 0.6 is 11.8 Å². The minimum Gasteiger partial charge on any atom is -0.294 e. The van der Waals surface area contributed by atoms with Crippen LogP contribution in [0.2, 0.25) is 0 Å². The lowest BCUT2D eigenvalue weighted by atomic mass is 10.1. The quantitative estimate of drug-likeness (QED) is 0.420. The molecule has 1 amide bonds. The van der Waals surface area contributed by atoms with Crippen LogP contribution in [0.1, 0.15) is 34.6 Å². The van der Waals surface area contributed by atoms with E-state index in [1.807, 2.05) is 18.7 Å². The number of hydrogen-bond acceptors (Lipinski definition) is 3. The molecule has 0 bridgehead atoms. The van der Waals surface area contributed by atoms with E-state index in [-0.39, 0.29) is 11.8 Å². The van der Waals surface area contributed by atoms with Gasteiger partial charge in [0.05, 0.1) is 0 Å². The first-order chi connectivity index (χ1) is 6.40. The van der Waals surface area contributed by atoms with E-state index < -0.39 is 0 Å². The third-order valence-electron chi connectivity index (χ3n) is 2.63. The number of rotatable bonds is 5. The van der Waals surface area contributed by atoms with Crippen molar-refractivity contribution in [1.29, 1.82) is 0 Å². The van der Waals surface area contributed by atoms with Crippen LogP contribution in [0.25, 0.3) is 0 Å². The molecule has 3 unspecified atom stereocenters. The van der Waals surface area contributed by atoms with Gasteiger partial charge in [0, 0.05) is 16.4 Å². The highest BCUT2D eigenvalue weighted by molar-refractivity contribution is 8.00. The van der Waals surface area contributed by atoms with Crippen LogP contribution in [0.4, 0.5) is 0 Å². The van der Waals surface area contributed by atoms with E-state index in [2.05, 4.69) is 33.1 Å². The molecule has 0 saturated heterocycles. The van der Waals surface area contributed by atoms with E-state index in [0.29, 0.717) is 16.4 Å². The van der Waals surface area contributed by atoms with Gasteiger partial charge in [-0.2, -0.15) is 11.8 Å². The molecule has 3 nitrogen and oxygen atoms in total. The average Bonchev–Trinajstić information content (AvgIpc) is 2.14. The van der Waals surface area contributed by atoms with Crippen LogP contribution in [-0.2, 0) is 4.79 Å². The summed E-state index contributed by atoms with van der Waals surface area (Å²) in [4.78, 5) is 11.3. The topological polar surface area (TPSA) is 55.1 Å². The molecular weight excluding hydrogens is 196 g/mol. The van der Waals surface area contributed by atoms with E-state index in [9.17, 15) is 4.79 Å². The molecule has 0 aliphatic carbocycles. The van der Waals surface area contributed by atoms with E-state index >= 15 is 0 Å². The highest BCUT2D eigenvalue weighted by Gasteiger charge is 2.22. The predicted molar refractivity (Wildman–Crippen MR) is 62.8 cm³/mol. The fourth-order valence-corrected chi connectivity index (χ4v) is 2.31. The summed E-state index contributed by atoms with van der Waals surface area (Å²) in [7, 11) is 0. The minimum absolute atomic E-state index is 0.0359. The van der Waals surface area contributed by atoms with Crippen molar-refractivity contribution in [3.63, 3.8) is 0 Å². The Kier molecular flexibility index (Phi) is 6.20. The number of hydrazine groups is 1. The highest BCUT2D eigenvalue weighted by Crippen LogP contribution is 2.27. The third kappa shape index (κ3) is 4.33. The number of carbonyl (C=O) groups is 1. The van der Waals surface area contributed by atoms with Gasteiger partial charge in [0.1, 0.15) is 0 Å². The van der Waals surface area contributed by atoms with Gasteiger partial charge in [-0.25, -0.2) is 5.84 Å². The molecule has 4 heteroatoms. The molecule has 0 aromatic rings. The second-order valence-electron chi connectivity index (χ2n) is 4.09. The zero-order chi connectivity index (χ0) is 11.3. The van der Waals surface area contributed by atoms with Gasteiger partial charge in [0.2, 0.25) is 5.91 Å². The maximum absolute atomic E-state index is 11.3. The van der Waals surface area contributed by atoms with E-state index in [1.165, 1.54) is 0 Å². The minimum atomic E-state index is -0.0824. The van der Waals surface area contributed by atoms with Gasteiger partial charge in [-0.3, -0.25) is 10.2 Å². The molecule has 0 heterocycles. The Balaban J connectivity index is 4.07. The summed E-state index contributed by atoms with van der Waals surface area (Å²) in [5, 5.41) is 0.869. The normalized spacial score (nSPS) is 17.6. The second-order valence-corrected chi connectivity index (χ2v) is 5.85. The summed E-state index contributed by atoms with van der Waals surface area (Å²) in [6.45, 7) is 10.6. The fraction of sp³-hybridized carbons (Fsp3) is 0.900. The number of hydrogen-bond donors (Lipinski definition) is 2. The van der Waals surface area contributed by atoms with Crippen molar-refractivity contribution < 1.29 is 4.79 Å². The first-order valence-corrected chi connectivity index (χ1v) is 6.00. The smallest absolute Gasteiger partial charge is 0.237 e. The van der Waals surface area contributed by atoms with Gasteiger partial charge in [0.25, 0.3) is 0 Å². The van der Waals surface area contributed by atoms with Crippen molar-refractivity contribution in [3.8, 4) is 0 Å². The summed E-state index contributed by atoms with van der Waals surface area (Å²) in [5.41, 5.74) is 2.20. The van der Waals surface area contributed by atoms with E-state index in [1.54, 1.807) is 0 Å². The Morgan fingerprint density at radius 2 is 1.64 bits per heavy atom. The van der Waals surface area contributed by atoms with Crippen LogP contribution in [0.3, 0.4) is 0 Å². The Hall–Kier alpha value is -0.220. The fourth-order valence-electron chi connectivity index (χ4n) is 0.958. The van der Waals surface area contributed by atoms with Crippen LogP contribution < -0.4 is 11.3 Å². The average molecular weight is 218 g/mol. The summed E-state index contributed by atoms with van der Waals surface area (Å²) in [6, 6.07) is 0. The number of amides is 1. The lowest BCUT2D eigenvalue weighted by molar-refractivity contribution is -0.124. The molecule has 0 aliphatic heterocycles. The van der Waals surface area contributed by atoms with Crippen molar-refractivity contribution in [2.75, 3.05) is 0 Å². The second kappa shape index (κ2) is 6.30. The number of nitrogens with one attached hydrogen (secondary N) is 1. The Bertz CT molecular complexity index is 185. The molecular formula is C10H22N2OS. The Labute approximate surface area is 91.2 Å². The van der Waals surface area contributed by atoms with Crippen molar-refractivity contribution in [1.82, 2.24) is 5.43 Å². The number of thioether (sulfide) groups is 1. The predicted octanol–water partition coefficient (Wildman–Crippen LogP) is 1.78. The number of nitrogens with two attached hydrogens (primary N) is 1. The van der Waals surface area contributed by atoms with Crippen LogP contribution in [0.5, 0.6) is 0 Å². The van der Waals surface area contributed by atoms with Crippen LogP contribution in [0, 0.1) is 11.8 Å². The van der Waals surface area contributed by atoms with Crippen LogP contribution in [-0.4, -0.2) is 16.4 Å². The van der Waals surface area contributed by atoms with Gasteiger partial charge >= 0.3 is 0 Å². The maximum atomic E-state index is 11.3. The molecule has 0 rings (SSSR count). The Morgan fingerprint density at radius 1 is 1.14 bits per heavy atom. The van der Waals surface area contributed by atoms with Crippen LogP contribution in [0.15, 0.2) is 0 Å². The zero-order valence-corrected chi connectivity index (χ0v) is 10.5. The third-order valence-corrected chi connectivity index (χ3v) is 4.44. The first kappa shape index (κ1) is 13.8. The van der Waals surface area contributed by atoms with Crippen molar-refractivity contribution in [2.45, 2.75) is 45.1 Å². The molecule has 0 fully saturated rings. The lowest BCUT2D eigenvalue weighted by Crippen LogP contribution is -2.38. The molecule has 0 aromatic carbocycles. The molecule has 0 radical (unpaired) electrons. The zero-order valence-electron chi connectivity index (χ0n) is 9.70. The molecule has 14 heavy (non-hydrogen) atoms. The summed E-state index contributed by atoms with van der Waals surface area (Å²) >= 11 is 1.84. The van der Waals surface area contributed by atoms with Gasteiger partial charge in [-0.1, -0.05) is 34.6 Å². The molecule has 0 saturated carbocycles. The summed E-state index contributed by atoms with van der Waals surface area (Å²) < 4.78 is 0. The summed E-state index contributed by atoms with van der Waals surface area (Å²) in [6.07, 6.45) is 0. The van der Waals surface area contributed by atoms with Crippen molar-refractivity contribution in [3.05, 3.63) is 0 Å². The molecule has 3 N–H and O–H groups in total. The van der Waals surface area contributed by atoms with Gasteiger partial charge in [0.15, 0.2) is 0 Å². The van der Waals surface area contributed by atoms with E-state index in [4.69, 9.17) is 5.84 Å². The molecule has 3 atom stereocenters. The monoisotopic (exact) mass is 218 g/mol. The van der Waals surface area contributed by atoms with Gasteiger partial charge in [-0.05, 0) is 5.92 Å². The molecule has 0 spiro atoms. The highest BCUT2D eigenvalue weighted by atomic mass is 32.2. The van der Waals surface area contributed by atoms with Gasteiger partial charge in [-0.15, -0.1) is 0 Å². The largest absolute Gasteiger partial charge is 0.294 e. The standard InChI is InChI=1S/C10H22N2OS/c1-6(2)8(4)14-9(5)7(3)10(13)12-11/h6-9H,11H2,1-5H3,(H,12,13). The summed E-state index contributed by atoms with van der Waals surface area (Å²) in [5.74, 6) is 5.61. The molecule has 0 aliphatic rings. The first-order valence-electron chi connectivity index (χ1n) is 5.06. The molecule has 0 aromatic heterocycles. The van der Waals surface area contributed by atoms with Gasteiger partial charge < -0.3 is 0 Å². The Morgan fingerprint density at radius 3 is 2.00 bits per heavy atom.